The molecule has 0 radical (unpaired) electrons. The molecule has 2 aliphatic heterocycles. The Morgan fingerprint density at radius 3 is 3.15 bits per heavy atom. The van der Waals surface area contributed by atoms with Gasteiger partial charge in [0, 0.05) is 19.3 Å². The van der Waals surface area contributed by atoms with Gasteiger partial charge in [0.25, 0.3) is 5.91 Å². The summed E-state index contributed by atoms with van der Waals surface area (Å²) in [7, 11) is 0. The zero-order chi connectivity index (χ0) is 14.2. The van der Waals surface area contributed by atoms with Gasteiger partial charge < -0.3 is 14.7 Å². The maximum atomic E-state index is 12.6. The van der Waals surface area contributed by atoms with E-state index in [1.54, 1.807) is 18.0 Å². The number of aromatic nitrogens is 2. The van der Waals surface area contributed by atoms with E-state index in [1.165, 1.54) is 6.33 Å². The summed E-state index contributed by atoms with van der Waals surface area (Å²) in [5, 5.41) is 10.2. The minimum absolute atomic E-state index is 0.0788. The maximum absolute atomic E-state index is 12.6. The highest BCUT2D eigenvalue weighted by atomic mass is 16.5. The molecule has 0 aromatic carbocycles. The van der Waals surface area contributed by atoms with Gasteiger partial charge in [-0.25, -0.2) is 9.97 Å². The zero-order valence-electron chi connectivity index (χ0n) is 11.6. The van der Waals surface area contributed by atoms with Crippen molar-refractivity contribution < 1.29 is 14.6 Å². The van der Waals surface area contributed by atoms with Crippen molar-refractivity contribution in [2.45, 2.75) is 37.9 Å². The molecule has 0 bridgehead atoms. The Labute approximate surface area is 117 Å². The van der Waals surface area contributed by atoms with Gasteiger partial charge in [0.15, 0.2) is 0 Å². The van der Waals surface area contributed by atoms with Crippen LogP contribution in [0.15, 0.2) is 12.5 Å². The van der Waals surface area contributed by atoms with E-state index >= 15 is 0 Å². The number of carbonyl (C=O) groups is 1. The Kier molecular flexibility index (Phi) is 3.43. The van der Waals surface area contributed by atoms with Crippen molar-refractivity contribution in [2.24, 2.45) is 0 Å². The van der Waals surface area contributed by atoms with Gasteiger partial charge in [0.2, 0.25) is 0 Å². The molecule has 6 nitrogen and oxygen atoms in total. The molecule has 1 spiro atoms. The summed E-state index contributed by atoms with van der Waals surface area (Å²) >= 11 is 0. The van der Waals surface area contributed by atoms with Crippen molar-refractivity contribution in [1.29, 1.82) is 0 Å². The third-order valence-corrected chi connectivity index (χ3v) is 4.30. The Bertz CT molecular complexity index is 514. The number of aliphatic hydroxyl groups is 1. The molecule has 20 heavy (non-hydrogen) atoms. The molecule has 0 saturated carbocycles. The van der Waals surface area contributed by atoms with E-state index < -0.39 is 11.7 Å². The van der Waals surface area contributed by atoms with E-state index in [0.29, 0.717) is 37.4 Å². The van der Waals surface area contributed by atoms with Gasteiger partial charge in [0.05, 0.1) is 23.9 Å². The second-order valence-corrected chi connectivity index (χ2v) is 5.57. The van der Waals surface area contributed by atoms with Gasteiger partial charge >= 0.3 is 0 Å². The number of ether oxygens (including phenoxy) is 1. The molecule has 1 aromatic heterocycles. The lowest BCUT2D eigenvalue weighted by Crippen LogP contribution is -2.57. The van der Waals surface area contributed by atoms with Crippen molar-refractivity contribution in [2.75, 3.05) is 19.7 Å². The molecule has 3 rings (SSSR count). The largest absolute Gasteiger partial charge is 0.390 e. The Hall–Kier alpha value is -1.53. The molecule has 108 valence electrons. The van der Waals surface area contributed by atoms with Gasteiger partial charge in [-0.1, -0.05) is 0 Å². The summed E-state index contributed by atoms with van der Waals surface area (Å²) < 4.78 is 5.77. The molecule has 1 amide bonds. The highest BCUT2D eigenvalue weighted by molar-refractivity contribution is 5.95. The molecule has 6 heteroatoms. The second-order valence-electron chi connectivity index (χ2n) is 5.57. The third kappa shape index (κ3) is 2.19. The maximum Gasteiger partial charge on any atom is 0.257 e. The van der Waals surface area contributed by atoms with Gasteiger partial charge in [0.1, 0.15) is 11.9 Å². The number of piperidine rings is 1. The number of hydrogen-bond donors (Lipinski definition) is 1. The first kappa shape index (κ1) is 13.5. The van der Waals surface area contributed by atoms with Crippen LogP contribution in [0.3, 0.4) is 0 Å². The van der Waals surface area contributed by atoms with E-state index in [9.17, 15) is 9.90 Å². The fourth-order valence-electron chi connectivity index (χ4n) is 3.10. The monoisotopic (exact) mass is 277 g/mol. The Balaban J connectivity index is 1.81. The summed E-state index contributed by atoms with van der Waals surface area (Å²) in [6.07, 6.45) is 4.81. The van der Waals surface area contributed by atoms with Crippen LogP contribution in [0, 0.1) is 6.92 Å². The molecule has 2 atom stereocenters. The normalized spacial score (nSPS) is 29.9. The van der Waals surface area contributed by atoms with Crippen LogP contribution in [-0.4, -0.2) is 57.3 Å². The van der Waals surface area contributed by atoms with Crippen molar-refractivity contribution in [3.8, 4) is 0 Å². The van der Waals surface area contributed by atoms with Crippen LogP contribution >= 0.6 is 0 Å². The van der Waals surface area contributed by atoms with Gasteiger partial charge in [-0.15, -0.1) is 0 Å². The van der Waals surface area contributed by atoms with Crippen molar-refractivity contribution >= 4 is 5.91 Å². The summed E-state index contributed by atoms with van der Waals surface area (Å²) in [5.74, 6) is -0.0788. The molecule has 1 aromatic rings. The molecule has 1 N–H and O–H groups in total. The molecule has 0 unspecified atom stereocenters. The summed E-state index contributed by atoms with van der Waals surface area (Å²) in [6, 6.07) is 0. The number of likely N-dealkylation sites (tertiary alicyclic amines) is 1. The fourth-order valence-corrected chi connectivity index (χ4v) is 3.10. The molecular weight excluding hydrogens is 258 g/mol. The van der Waals surface area contributed by atoms with Gasteiger partial charge in [-0.2, -0.15) is 0 Å². The quantitative estimate of drug-likeness (QED) is 0.811. The van der Waals surface area contributed by atoms with Crippen LogP contribution in [-0.2, 0) is 4.74 Å². The minimum Gasteiger partial charge on any atom is -0.390 e. The average Bonchev–Trinajstić information content (AvgIpc) is 2.91. The first-order valence-corrected chi connectivity index (χ1v) is 7.00. The zero-order valence-corrected chi connectivity index (χ0v) is 11.6. The minimum atomic E-state index is -0.572. The van der Waals surface area contributed by atoms with Crippen LogP contribution in [0.25, 0.3) is 0 Å². The standard InChI is InChI=1S/C14H19N3O3/c1-10-11(7-15-9-16-10)13(19)17-5-3-12(18)14(8-17)4-2-6-20-14/h7,9,12,18H,2-6,8H2,1H3/t12-,14-/m0/s1. The first-order valence-electron chi connectivity index (χ1n) is 7.00. The number of carbonyl (C=O) groups excluding carboxylic acids is 1. The number of aryl methyl sites for hydroxylation is 1. The number of rotatable bonds is 1. The van der Waals surface area contributed by atoms with Crippen LogP contribution < -0.4 is 0 Å². The van der Waals surface area contributed by atoms with E-state index in [0.717, 1.165) is 12.8 Å². The summed E-state index contributed by atoms with van der Waals surface area (Å²) in [5.41, 5.74) is 0.631. The topological polar surface area (TPSA) is 75.6 Å². The van der Waals surface area contributed by atoms with E-state index in [-0.39, 0.29) is 5.91 Å². The predicted octanol–water partition coefficient (Wildman–Crippen LogP) is 0.541. The van der Waals surface area contributed by atoms with Crippen LogP contribution in [0.5, 0.6) is 0 Å². The van der Waals surface area contributed by atoms with E-state index in [2.05, 4.69) is 9.97 Å². The molecule has 0 aliphatic carbocycles. The highest BCUT2D eigenvalue weighted by Crippen LogP contribution is 2.35. The van der Waals surface area contributed by atoms with Crippen molar-refractivity contribution in [1.82, 2.24) is 14.9 Å². The molecule has 2 aliphatic rings. The fraction of sp³-hybridized carbons (Fsp3) is 0.643. The smallest absolute Gasteiger partial charge is 0.257 e. The lowest BCUT2D eigenvalue weighted by atomic mass is 9.87. The number of amides is 1. The van der Waals surface area contributed by atoms with Crippen molar-refractivity contribution in [3.63, 3.8) is 0 Å². The lowest BCUT2D eigenvalue weighted by molar-refractivity contribution is -0.124. The number of hydrogen-bond acceptors (Lipinski definition) is 5. The second kappa shape index (κ2) is 5.10. The van der Waals surface area contributed by atoms with E-state index in [1.807, 2.05) is 0 Å². The van der Waals surface area contributed by atoms with Crippen LogP contribution in [0.4, 0.5) is 0 Å². The number of aliphatic hydroxyl groups excluding tert-OH is 1. The summed E-state index contributed by atoms with van der Waals surface area (Å²) in [4.78, 5) is 22.3. The Morgan fingerprint density at radius 1 is 1.60 bits per heavy atom. The predicted molar refractivity (Wildman–Crippen MR) is 71.2 cm³/mol. The Morgan fingerprint density at radius 2 is 2.45 bits per heavy atom. The third-order valence-electron chi connectivity index (χ3n) is 4.30. The van der Waals surface area contributed by atoms with Gasteiger partial charge in [-0.05, 0) is 26.2 Å². The first-order chi connectivity index (χ1) is 9.62. The van der Waals surface area contributed by atoms with E-state index in [4.69, 9.17) is 4.74 Å². The molecular formula is C14H19N3O3. The van der Waals surface area contributed by atoms with Crippen LogP contribution in [0.2, 0.25) is 0 Å². The average molecular weight is 277 g/mol. The van der Waals surface area contributed by atoms with Crippen LogP contribution in [0.1, 0.15) is 35.3 Å². The molecule has 2 fully saturated rings. The SMILES string of the molecule is Cc1ncncc1C(=O)N1CC[C@H](O)[C@]2(CCCO2)C1. The van der Waals surface area contributed by atoms with Crippen molar-refractivity contribution in [3.05, 3.63) is 23.8 Å². The molecule has 3 heterocycles. The number of nitrogens with zero attached hydrogens (tertiary/aromatic N) is 3. The van der Waals surface area contributed by atoms with Gasteiger partial charge in [-0.3, -0.25) is 4.79 Å². The lowest BCUT2D eigenvalue weighted by Gasteiger charge is -2.43. The molecule has 2 saturated heterocycles. The summed E-state index contributed by atoms with van der Waals surface area (Å²) in [6.45, 7) is 3.45. The highest BCUT2D eigenvalue weighted by Gasteiger charge is 2.47.